The molecule has 4 heteroatoms. The predicted octanol–water partition coefficient (Wildman–Crippen LogP) is 0.762. The molecule has 0 aromatic carbocycles. The quantitative estimate of drug-likeness (QED) is 0.509. The molecule has 0 radical (unpaired) electrons. The molecule has 0 unspecified atom stereocenters. The van der Waals surface area contributed by atoms with E-state index in [2.05, 4.69) is 6.92 Å². The molecule has 0 aliphatic heterocycles. The van der Waals surface area contributed by atoms with Gasteiger partial charge >= 0.3 is 0 Å². The molecule has 0 fully saturated rings. The molecule has 15 heavy (non-hydrogen) atoms. The highest BCUT2D eigenvalue weighted by atomic mass is 16.5. The lowest BCUT2D eigenvalue weighted by molar-refractivity contribution is -0.927. The van der Waals surface area contributed by atoms with Crippen molar-refractivity contribution < 1.29 is 18.7 Å². The molecule has 0 N–H and O–H groups in total. The summed E-state index contributed by atoms with van der Waals surface area (Å²) in [6.07, 6.45) is 0. The first-order valence-corrected chi connectivity index (χ1v) is 5.56. The zero-order valence-electron chi connectivity index (χ0n) is 10.6. The topological polar surface area (TPSA) is 27.7 Å². The van der Waals surface area contributed by atoms with Crippen molar-refractivity contribution >= 4 is 0 Å². The Bertz CT molecular complexity index is 120. The Morgan fingerprint density at radius 1 is 0.733 bits per heavy atom. The van der Waals surface area contributed by atoms with E-state index >= 15 is 0 Å². The van der Waals surface area contributed by atoms with E-state index in [1.54, 1.807) is 21.3 Å². The minimum absolute atomic E-state index is 0.793. The van der Waals surface area contributed by atoms with Gasteiger partial charge in [-0.25, -0.2) is 0 Å². The summed E-state index contributed by atoms with van der Waals surface area (Å²) in [6, 6.07) is 0. The van der Waals surface area contributed by atoms with Crippen LogP contribution in [0.1, 0.15) is 6.92 Å². The normalized spacial score (nSPS) is 12.0. The number of nitrogens with zero attached hydrogens (tertiary/aromatic N) is 1. The van der Waals surface area contributed by atoms with Crippen molar-refractivity contribution in [1.82, 2.24) is 0 Å². The molecule has 0 aromatic heterocycles. The van der Waals surface area contributed by atoms with Crippen LogP contribution in [0, 0.1) is 0 Å². The van der Waals surface area contributed by atoms with E-state index in [1.807, 2.05) is 0 Å². The van der Waals surface area contributed by atoms with Crippen molar-refractivity contribution in [3.05, 3.63) is 0 Å². The summed E-state index contributed by atoms with van der Waals surface area (Å²) in [5, 5.41) is 0. The summed E-state index contributed by atoms with van der Waals surface area (Å²) < 4.78 is 16.5. The van der Waals surface area contributed by atoms with Crippen LogP contribution in [0.5, 0.6) is 0 Å². The molecule has 0 amide bonds. The van der Waals surface area contributed by atoms with Crippen LogP contribution >= 0.6 is 0 Å². The van der Waals surface area contributed by atoms with Crippen LogP contribution in [0.4, 0.5) is 0 Å². The van der Waals surface area contributed by atoms with E-state index in [4.69, 9.17) is 14.2 Å². The van der Waals surface area contributed by atoms with Gasteiger partial charge < -0.3 is 18.7 Å². The van der Waals surface area contributed by atoms with Gasteiger partial charge in [0.1, 0.15) is 19.6 Å². The minimum Gasteiger partial charge on any atom is -0.379 e. The van der Waals surface area contributed by atoms with E-state index in [9.17, 15) is 0 Å². The van der Waals surface area contributed by atoms with E-state index < -0.39 is 0 Å². The first-order valence-electron chi connectivity index (χ1n) is 5.56. The number of hydrogen-bond donors (Lipinski definition) is 0. The lowest BCUT2D eigenvalue weighted by Crippen LogP contribution is -2.53. The molecule has 0 spiro atoms. The lowest BCUT2D eigenvalue weighted by Gasteiger charge is -2.37. The molecule has 0 heterocycles. The first kappa shape index (κ1) is 14.8. The van der Waals surface area contributed by atoms with E-state index in [-0.39, 0.29) is 0 Å². The number of likely N-dealkylation sites (N-methyl/N-ethyl adjacent to an activating group) is 1. The van der Waals surface area contributed by atoms with Gasteiger partial charge in [0.15, 0.2) is 0 Å². The third-order valence-corrected chi connectivity index (χ3v) is 2.98. The zero-order chi connectivity index (χ0) is 11.6. The van der Waals surface area contributed by atoms with Gasteiger partial charge in [-0.3, -0.25) is 0 Å². The van der Waals surface area contributed by atoms with Gasteiger partial charge in [-0.1, -0.05) is 0 Å². The monoisotopic (exact) mass is 220 g/mol. The van der Waals surface area contributed by atoms with Crippen LogP contribution in [-0.4, -0.2) is 71.8 Å². The van der Waals surface area contributed by atoms with Crippen molar-refractivity contribution in [2.24, 2.45) is 0 Å². The number of methoxy groups -OCH3 is 3. The van der Waals surface area contributed by atoms with Gasteiger partial charge in [0.05, 0.1) is 26.4 Å². The van der Waals surface area contributed by atoms with Crippen LogP contribution in [0.3, 0.4) is 0 Å². The van der Waals surface area contributed by atoms with Gasteiger partial charge in [-0.2, -0.15) is 0 Å². The molecule has 0 saturated heterocycles. The van der Waals surface area contributed by atoms with Crippen LogP contribution < -0.4 is 0 Å². The Morgan fingerprint density at radius 2 is 1.07 bits per heavy atom. The Kier molecular flexibility index (Phi) is 9.00. The van der Waals surface area contributed by atoms with Crippen LogP contribution in [0.25, 0.3) is 0 Å². The average molecular weight is 220 g/mol. The van der Waals surface area contributed by atoms with E-state index in [0.717, 1.165) is 50.5 Å². The fourth-order valence-electron chi connectivity index (χ4n) is 1.66. The second kappa shape index (κ2) is 9.09. The first-order chi connectivity index (χ1) is 7.24. The Morgan fingerprint density at radius 3 is 1.27 bits per heavy atom. The average Bonchev–Trinajstić information content (AvgIpc) is 2.29. The molecule has 0 aliphatic carbocycles. The summed E-state index contributed by atoms with van der Waals surface area (Å²) in [6.45, 7) is 8.76. The van der Waals surface area contributed by atoms with E-state index in [0.29, 0.717) is 0 Å². The lowest BCUT2D eigenvalue weighted by atomic mass is 10.3. The Balaban J connectivity index is 4.16. The Hall–Kier alpha value is -0.160. The maximum atomic E-state index is 5.16. The van der Waals surface area contributed by atoms with Gasteiger partial charge in [0.2, 0.25) is 0 Å². The van der Waals surface area contributed by atoms with Crippen LogP contribution in [0.15, 0.2) is 0 Å². The highest BCUT2D eigenvalue weighted by Gasteiger charge is 2.24. The van der Waals surface area contributed by atoms with E-state index in [1.165, 1.54) is 0 Å². The van der Waals surface area contributed by atoms with Gasteiger partial charge in [0, 0.05) is 21.3 Å². The third-order valence-electron chi connectivity index (χ3n) is 2.98. The van der Waals surface area contributed by atoms with Gasteiger partial charge in [-0.15, -0.1) is 0 Å². The largest absolute Gasteiger partial charge is 0.379 e. The highest BCUT2D eigenvalue weighted by Crippen LogP contribution is 2.06. The maximum Gasteiger partial charge on any atom is 0.102 e. The molecular formula is C11H26NO3+. The molecule has 92 valence electrons. The standard InChI is InChI=1S/C11H26NO3/c1-5-12(6-9-13-2,7-10-14-3)8-11-15-4/h5-11H2,1-4H3/q+1. The van der Waals surface area contributed by atoms with Crippen molar-refractivity contribution in [3.8, 4) is 0 Å². The summed E-state index contributed by atoms with van der Waals surface area (Å²) in [5.74, 6) is 0. The molecule has 0 atom stereocenters. The van der Waals surface area contributed by atoms with Crippen molar-refractivity contribution in [1.29, 1.82) is 0 Å². The number of rotatable bonds is 10. The Labute approximate surface area is 93.7 Å². The number of hydrogen-bond acceptors (Lipinski definition) is 3. The molecule has 0 rings (SSSR count). The molecule has 0 saturated carbocycles. The predicted molar refractivity (Wildman–Crippen MR) is 61.0 cm³/mol. The molecule has 0 aliphatic rings. The van der Waals surface area contributed by atoms with Crippen LogP contribution in [-0.2, 0) is 14.2 Å². The minimum atomic E-state index is 0.793. The zero-order valence-corrected chi connectivity index (χ0v) is 10.6. The van der Waals surface area contributed by atoms with Crippen molar-refractivity contribution in [2.75, 3.05) is 67.3 Å². The molecule has 4 nitrogen and oxygen atoms in total. The summed E-state index contributed by atoms with van der Waals surface area (Å²) in [7, 11) is 5.24. The molecule has 0 aromatic rings. The fourth-order valence-corrected chi connectivity index (χ4v) is 1.66. The molecular weight excluding hydrogens is 194 g/mol. The van der Waals surface area contributed by atoms with Crippen molar-refractivity contribution in [3.63, 3.8) is 0 Å². The highest BCUT2D eigenvalue weighted by molar-refractivity contribution is 4.43. The van der Waals surface area contributed by atoms with Crippen molar-refractivity contribution in [2.45, 2.75) is 6.92 Å². The summed E-state index contributed by atoms with van der Waals surface area (Å²) in [4.78, 5) is 0. The SMILES string of the molecule is CC[N+](CCOC)(CCOC)CCOC. The second-order valence-electron chi connectivity index (χ2n) is 3.81. The summed E-state index contributed by atoms with van der Waals surface area (Å²) >= 11 is 0. The van der Waals surface area contributed by atoms with Crippen LogP contribution in [0.2, 0.25) is 0 Å². The molecule has 0 bridgehead atoms. The smallest absolute Gasteiger partial charge is 0.102 e. The maximum absolute atomic E-state index is 5.16. The second-order valence-corrected chi connectivity index (χ2v) is 3.81. The number of quaternary nitrogens is 1. The number of ether oxygens (including phenoxy) is 3. The fraction of sp³-hybridized carbons (Fsp3) is 1.00. The summed E-state index contributed by atoms with van der Waals surface area (Å²) in [5.41, 5.74) is 0. The third kappa shape index (κ3) is 6.10. The van der Waals surface area contributed by atoms with Gasteiger partial charge in [-0.05, 0) is 6.92 Å². The van der Waals surface area contributed by atoms with Gasteiger partial charge in [0.25, 0.3) is 0 Å².